The maximum absolute atomic E-state index is 13.8. The minimum absolute atomic E-state index is 0.130. The van der Waals surface area contributed by atoms with E-state index in [1.54, 1.807) is 35.2 Å². The monoisotopic (exact) mass is 402 g/mol. The second kappa shape index (κ2) is 5.21. The molecule has 0 unspecified atom stereocenters. The predicted molar refractivity (Wildman–Crippen MR) is 86.2 cm³/mol. The lowest BCUT2D eigenvalue weighted by Gasteiger charge is -2.31. The molecule has 1 heterocycles. The van der Waals surface area contributed by atoms with Crippen LogP contribution in [0.2, 0.25) is 5.02 Å². The molecule has 0 atom stereocenters. The third-order valence-electron chi connectivity index (χ3n) is 3.04. The van der Waals surface area contributed by atoms with Crippen LogP contribution in [0.15, 0.2) is 36.4 Å². The van der Waals surface area contributed by atoms with Crippen LogP contribution in [0.25, 0.3) is 0 Å². The Labute approximate surface area is 133 Å². The number of anilines is 3. The molecular formula is C14H9ClFIN2O. The average Bonchev–Trinajstić information content (AvgIpc) is 2.41. The molecule has 0 aromatic heterocycles. The van der Waals surface area contributed by atoms with Gasteiger partial charge < -0.3 is 10.2 Å². The van der Waals surface area contributed by atoms with Gasteiger partial charge in [0.1, 0.15) is 12.4 Å². The summed E-state index contributed by atoms with van der Waals surface area (Å²) >= 11 is 7.77. The number of halogens is 3. The van der Waals surface area contributed by atoms with E-state index >= 15 is 0 Å². The normalized spacial score (nSPS) is 13.9. The van der Waals surface area contributed by atoms with Crippen molar-refractivity contribution < 1.29 is 9.18 Å². The predicted octanol–water partition coefficient (Wildman–Crippen LogP) is 4.17. The smallest absolute Gasteiger partial charge is 0.244 e. The van der Waals surface area contributed by atoms with Crippen molar-refractivity contribution in [3.63, 3.8) is 0 Å². The van der Waals surface area contributed by atoms with Crippen molar-refractivity contribution in [2.75, 3.05) is 16.8 Å². The van der Waals surface area contributed by atoms with Crippen molar-refractivity contribution in [1.29, 1.82) is 0 Å². The zero-order chi connectivity index (χ0) is 14.3. The molecular weight excluding hydrogens is 394 g/mol. The Morgan fingerprint density at radius 1 is 1.25 bits per heavy atom. The number of benzene rings is 2. The van der Waals surface area contributed by atoms with E-state index in [2.05, 4.69) is 5.32 Å². The molecule has 3 nitrogen and oxygen atoms in total. The number of nitrogens with zero attached hydrogens (tertiary/aromatic N) is 1. The van der Waals surface area contributed by atoms with Crippen LogP contribution >= 0.6 is 34.2 Å². The fourth-order valence-electron chi connectivity index (χ4n) is 2.13. The Hall–Kier alpha value is -1.34. The summed E-state index contributed by atoms with van der Waals surface area (Å²) < 4.78 is 14.3. The lowest BCUT2D eigenvalue weighted by molar-refractivity contribution is -0.115. The summed E-state index contributed by atoms with van der Waals surface area (Å²) in [6.45, 7) is 0.147. The first kappa shape index (κ1) is 13.6. The first-order valence-electron chi connectivity index (χ1n) is 5.86. The lowest BCUT2D eigenvalue weighted by atomic mass is 10.1. The van der Waals surface area contributed by atoms with Gasteiger partial charge in [-0.2, -0.15) is 0 Å². The molecule has 2 aromatic carbocycles. The van der Waals surface area contributed by atoms with Crippen LogP contribution in [0.3, 0.4) is 0 Å². The fourth-order valence-corrected chi connectivity index (χ4v) is 2.72. The van der Waals surface area contributed by atoms with Gasteiger partial charge in [-0.25, -0.2) is 4.39 Å². The average molecular weight is 403 g/mol. The van der Waals surface area contributed by atoms with Crippen LogP contribution in [-0.4, -0.2) is 12.5 Å². The Morgan fingerprint density at radius 3 is 2.65 bits per heavy atom. The van der Waals surface area contributed by atoms with Gasteiger partial charge in [-0.05, 0) is 52.9 Å². The largest absolute Gasteiger partial charge is 0.330 e. The molecule has 0 saturated heterocycles. The number of carbonyl (C=O) groups excluding carboxylic acids is 1. The van der Waals surface area contributed by atoms with E-state index in [4.69, 9.17) is 11.6 Å². The van der Waals surface area contributed by atoms with Gasteiger partial charge in [-0.1, -0.05) is 11.6 Å². The summed E-state index contributed by atoms with van der Waals surface area (Å²) in [6.07, 6.45) is 0. The van der Waals surface area contributed by atoms with Crippen LogP contribution < -0.4 is 10.2 Å². The molecule has 0 aliphatic carbocycles. The molecule has 0 fully saturated rings. The standard InChI is InChI=1S/C14H9ClFIN2O/c15-8-1-3-9(4-2-8)19-7-14(20)18-12-6-11(17)10(16)5-13(12)19/h1-6H,7H2,(H,18,20). The van der Waals surface area contributed by atoms with Gasteiger partial charge in [0.25, 0.3) is 0 Å². The molecule has 1 aliphatic heterocycles. The van der Waals surface area contributed by atoms with Crippen LogP contribution in [0, 0.1) is 9.39 Å². The van der Waals surface area contributed by atoms with Gasteiger partial charge in [0.15, 0.2) is 0 Å². The van der Waals surface area contributed by atoms with Crippen LogP contribution in [0.4, 0.5) is 21.5 Å². The molecule has 1 N–H and O–H groups in total. The van der Waals surface area contributed by atoms with Gasteiger partial charge in [-0.3, -0.25) is 4.79 Å². The SMILES string of the molecule is O=C1CN(c2ccc(Cl)cc2)c2cc(F)c(I)cc2N1. The van der Waals surface area contributed by atoms with Crippen molar-refractivity contribution in [1.82, 2.24) is 0 Å². The highest BCUT2D eigenvalue weighted by atomic mass is 127. The highest BCUT2D eigenvalue weighted by molar-refractivity contribution is 14.1. The van der Waals surface area contributed by atoms with E-state index < -0.39 is 0 Å². The summed E-state index contributed by atoms with van der Waals surface area (Å²) in [5.74, 6) is -0.436. The zero-order valence-electron chi connectivity index (χ0n) is 10.2. The molecule has 0 radical (unpaired) electrons. The van der Waals surface area contributed by atoms with Gasteiger partial charge in [0.05, 0.1) is 14.9 Å². The molecule has 102 valence electrons. The highest BCUT2D eigenvalue weighted by Gasteiger charge is 2.24. The Balaban J connectivity index is 2.12. The van der Waals surface area contributed by atoms with E-state index in [1.165, 1.54) is 6.07 Å². The molecule has 6 heteroatoms. The summed E-state index contributed by atoms with van der Waals surface area (Å²) in [5, 5.41) is 3.38. The van der Waals surface area contributed by atoms with Crippen LogP contribution in [-0.2, 0) is 4.79 Å². The van der Waals surface area contributed by atoms with Crippen molar-refractivity contribution in [3.8, 4) is 0 Å². The van der Waals surface area contributed by atoms with Crippen molar-refractivity contribution >= 4 is 57.2 Å². The van der Waals surface area contributed by atoms with Crippen LogP contribution in [0.1, 0.15) is 0 Å². The maximum Gasteiger partial charge on any atom is 0.244 e. The molecule has 0 saturated carbocycles. The second-order valence-electron chi connectivity index (χ2n) is 4.39. The van der Waals surface area contributed by atoms with Crippen molar-refractivity contribution in [2.24, 2.45) is 0 Å². The summed E-state index contributed by atoms with van der Waals surface area (Å²) in [7, 11) is 0. The molecule has 0 spiro atoms. The maximum atomic E-state index is 13.8. The van der Waals surface area contributed by atoms with Gasteiger partial charge >= 0.3 is 0 Å². The van der Waals surface area contributed by atoms with Gasteiger partial charge in [0.2, 0.25) is 5.91 Å². The lowest BCUT2D eigenvalue weighted by Crippen LogP contribution is -2.35. The summed E-state index contributed by atoms with van der Waals surface area (Å²) in [4.78, 5) is 13.6. The van der Waals surface area contributed by atoms with E-state index in [0.29, 0.717) is 20.0 Å². The van der Waals surface area contributed by atoms with Gasteiger partial charge in [0, 0.05) is 16.8 Å². The number of nitrogens with one attached hydrogen (secondary N) is 1. The first-order chi connectivity index (χ1) is 9.54. The first-order valence-corrected chi connectivity index (χ1v) is 7.32. The number of fused-ring (bicyclic) bond motifs is 1. The molecule has 20 heavy (non-hydrogen) atoms. The molecule has 0 bridgehead atoms. The third-order valence-corrected chi connectivity index (χ3v) is 4.12. The summed E-state index contributed by atoms with van der Waals surface area (Å²) in [5.41, 5.74) is 2.05. The minimum Gasteiger partial charge on any atom is -0.330 e. The summed E-state index contributed by atoms with van der Waals surface area (Å²) in [6, 6.07) is 10.2. The van der Waals surface area contributed by atoms with E-state index in [0.717, 1.165) is 5.69 Å². The Bertz CT molecular complexity index is 690. The highest BCUT2D eigenvalue weighted by Crippen LogP contribution is 2.37. The molecule has 1 aliphatic rings. The number of amides is 1. The Morgan fingerprint density at radius 2 is 1.95 bits per heavy atom. The fraction of sp³-hybridized carbons (Fsp3) is 0.0714. The van der Waals surface area contributed by atoms with Gasteiger partial charge in [-0.15, -0.1) is 0 Å². The number of hydrogen-bond acceptors (Lipinski definition) is 2. The topological polar surface area (TPSA) is 32.3 Å². The second-order valence-corrected chi connectivity index (χ2v) is 5.99. The molecule has 1 amide bonds. The quantitative estimate of drug-likeness (QED) is 0.726. The zero-order valence-corrected chi connectivity index (χ0v) is 13.1. The third kappa shape index (κ3) is 2.47. The Kier molecular flexibility index (Phi) is 3.55. The molecule has 2 aromatic rings. The van der Waals surface area contributed by atoms with E-state index in [-0.39, 0.29) is 18.3 Å². The van der Waals surface area contributed by atoms with Crippen molar-refractivity contribution in [2.45, 2.75) is 0 Å². The van der Waals surface area contributed by atoms with Crippen molar-refractivity contribution in [3.05, 3.63) is 50.8 Å². The number of hydrogen-bond donors (Lipinski definition) is 1. The number of carbonyl (C=O) groups is 1. The molecule has 3 rings (SSSR count). The van der Waals surface area contributed by atoms with E-state index in [1.807, 2.05) is 22.6 Å². The van der Waals surface area contributed by atoms with E-state index in [9.17, 15) is 9.18 Å². The van der Waals surface area contributed by atoms with Crippen LogP contribution in [0.5, 0.6) is 0 Å². The number of rotatable bonds is 1. The minimum atomic E-state index is -0.306.